The van der Waals surface area contributed by atoms with E-state index in [1.807, 2.05) is 11.8 Å². The Morgan fingerprint density at radius 2 is 1.83 bits per heavy atom. The topological polar surface area (TPSA) is 26.3 Å². The molecule has 3 atom stereocenters. The molecule has 1 aliphatic carbocycles. The van der Waals surface area contributed by atoms with Crippen molar-refractivity contribution >= 4 is 25.9 Å². The van der Waals surface area contributed by atoms with Gasteiger partial charge >= 0.3 is 0 Å². The summed E-state index contributed by atoms with van der Waals surface area (Å²) in [6.07, 6.45) is 5.17. The number of ketones is 1. The molecule has 0 heterocycles. The van der Waals surface area contributed by atoms with Crippen LogP contribution < -0.4 is 0 Å². The van der Waals surface area contributed by atoms with Crippen LogP contribution in [0.15, 0.2) is 35.2 Å². The van der Waals surface area contributed by atoms with E-state index in [2.05, 4.69) is 78.0 Å². The lowest BCUT2D eigenvalue weighted by molar-refractivity contribution is -0.125. The van der Waals surface area contributed by atoms with Gasteiger partial charge < -0.3 is 4.43 Å². The summed E-state index contributed by atoms with van der Waals surface area (Å²) in [7, 11) is -1.80. The maximum absolute atomic E-state index is 13.1. The Hall–Kier alpha value is -0.583. The van der Waals surface area contributed by atoms with Crippen molar-refractivity contribution < 1.29 is 9.22 Å². The van der Waals surface area contributed by atoms with E-state index >= 15 is 0 Å². The molecule has 0 N–H and O–H groups in total. The Kier molecular flexibility index (Phi) is 9.05. The third kappa shape index (κ3) is 7.56. The molecular formula is C25H42O2SSi. The van der Waals surface area contributed by atoms with E-state index < -0.39 is 8.32 Å². The number of hydrogen-bond acceptors (Lipinski definition) is 3. The Balaban J connectivity index is 2.16. The number of thioether (sulfide) groups is 1. The number of rotatable bonds is 7. The molecule has 1 aliphatic rings. The SMILES string of the molecule is CC(C)C[C@H]1CC(O[Si](C)(C)C(C)(C)C)CCCC(=O)[C@@H]1CSc1ccccc1. The normalized spacial score (nSPS) is 24.4. The van der Waals surface area contributed by atoms with Gasteiger partial charge in [-0.3, -0.25) is 4.79 Å². The van der Waals surface area contributed by atoms with E-state index in [-0.39, 0.29) is 11.0 Å². The third-order valence-corrected chi connectivity index (χ3v) is 12.4. The molecule has 0 aromatic heterocycles. The second-order valence-corrected chi connectivity index (χ2v) is 16.6. The molecule has 29 heavy (non-hydrogen) atoms. The number of carbonyl (C=O) groups is 1. The van der Waals surface area contributed by atoms with Crippen molar-refractivity contribution in [2.24, 2.45) is 17.8 Å². The summed E-state index contributed by atoms with van der Waals surface area (Å²) >= 11 is 1.84. The fourth-order valence-corrected chi connectivity index (χ4v) is 6.65. The number of benzene rings is 1. The van der Waals surface area contributed by atoms with E-state index in [1.54, 1.807) is 0 Å². The van der Waals surface area contributed by atoms with Gasteiger partial charge in [-0.2, -0.15) is 0 Å². The number of Topliss-reactive ketones (excluding diaryl/α,β-unsaturated/α-hetero) is 1. The molecule has 1 unspecified atom stereocenters. The van der Waals surface area contributed by atoms with Crippen molar-refractivity contribution in [3.05, 3.63) is 30.3 Å². The van der Waals surface area contributed by atoms with Gasteiger partial charge in [0.1, 0.15) is 5.78 Å². The van der Waals surface area contributed by atoms with Gasteiger partial charge in [-0.15, -0.1) is 11.8 Å². The summed E-state index contributed by atoms with van der Waals surface area (Å²) in [5.41, 5.74) is 0. The summed E-state index contributed by atoms with van der Waals surface area (Å²) in [6, 6.07) is 10.5. The number of hydrogen-bond donors (Lipinski definition) is 0. The van der Waals surface area contributed by atoms with Gasteiger partial charge in [0.05, 0.1) is 0 Å². The summed E-state index contributed by atoms with van der Waals surface area (Å²) in [5.74, 6) is 2.55. The first kappa shape index (κ1) is 24.7. The van der Waals surface area contributed by atoms with Gasteiger partial charge in [-0.25, -0.2) is 0 Å². The van der Waals surface area contributed by atoms with Gasteiger partial charge in [-0.05, 0) is 67.8 Å². The summed E-state index contributed by atoms with van der Waals surface area (Å²) in [6.45, 7) is 16.2. The molecule has 1 saturated carbocycles. The van der Waals surface area contributed by atoms with Crippen LogP contribution in [0, 0.1) is 17.8 Å². The van der Waals surface area contributed by atoms with Crippen LogP contribution in [0.4, 0.5) is 0 Å². The molecule has 2 nitrogen and oxygen atoms in total. The first-order valence-corrected chi connectivity index (χ1v) is 15.3. The summed E-state index contributed by atoms with van der Waals surface area (Å²) in [5, 5.41) is 0.224. The molecule has 2 rings (SSSR count). The van der Waals surface area contributed by atoms with E-state index in [4.69, 9.17) is 4.43 Å². The first-order chi connectivity index (χ1) is 13.5. The van der Waals surface area contributed by atoms with E-state index in [9.17, 15) is 4.79 Å². The molecule has 0 amide bonds. The Bertz CT molecular complexity index is 636. The van der Waals surface area contributed by atoms with E-state index in [1.165, 1.54) is 4.90 Å². The van der Waals surface area contributed by atoms with Gasteiger partial charge in [0, 0.05) is 29.1 Å². The Morgan fingerprint density at radius 1 is 1.17 bits per heavy atom. The fourth-order valence-electron chi connectivity index (χ4n) is 4.07. The van der Waals surface area contributed by atoms with Crippen LogP contribution in [-0.2, 0) is 9.22 Å². The van der Waals surface area contributed by atoms with Crippen molar-refractivity contribution in [1.29, 1.82) is 0 Å². The highest BCUT2D eigenvalue weighted by atomic mass is 32.2. The lowest BCUT2D eigenvalue weighted by Crippen LogP contribution is -2.45. The van der Waals surface area contributed by atoms with Crippen LogP contribution in [0.3, 0.4) is 0 Å². The highest BCUT2D eigenvalue weighted by Crippen LogP contribution is 2.41. The molecule has 0 bridgehead atoms. The lowest BCUT2D eigenvalue weighted by atomic mass is 9.77. The zero-order valence-electron chi connectivity index (χ0n) is 19.7. The fraction of sp³-hybridized carbons (Fsp3) is 0.720. The predicted octanol–water partition coefficient (Wildman–Crippen LogP) is 7.59. The van der Waals surface area contributed by atoms with Crippen LogP contribution in [0.1, 0.15) is 66.7 Å². The maximum Gasteiger partial charge on any atom is 0.192 e. The van der Waals surface area contributed by atoms with Crippen LogP contribution in [0.25, 0.3) is 0 Å². The molecule has 164 valence electrons. The zero-order chi connectivity index (χ0) is 21.7. The summed E-state index contributed by atoms with van der Waals surface area (Å²) in [4.78, 5) is 14.3. The molecule has 4 heteroatoms. The average molecular weight is 435 g/mol. The minimum atomic E-state index is -1.80. The van der Waals surface area contributed by atoms with Crippen molar-refractivity contribution in [3.63, 3.8) is 0 Å². The van der Waals surface area contributed by atoms with Crippen LogP contribution in [0.5, 0.6) is 0 Å². The van der Waals surface area contributed by atoms with Gasteiger partial charge in [-0.1, -0.05) is 52.8 Å². The predicted molar refractivity (Wildman–Crippen MR) is 129 cm³/mol. The van der Waals surface area contributed by atoms with Crippen LogP contribution in [-0.4, -0.2) is 26.0 Å². The van der Waals surface area contributed by atoms with E-state index in [0.29, 0.717) is 30.1 Å². The molecule has 0 radical (unpaired) electrons. The highest BCUT2D eigenvalue weighted by Gasteiger charge is 2.41. The maximum atomic E-state index is 13.1. The highest BCUT2D eigenvalue weighted by molar-refractivity contribution is 7.99. The zero-order valence-corrected chi connectivity index (χ0v) is 21.5. The van der Waals surface area contributed by atoms with Gasteiger partial charge in [0.25, 0.3) is 0 Å². The van der Waals surface area contributed by atoms with Crippen LogP contribution >= 0.6 is 11.8 Å². The monoisotopic (exact) mass is 434 g/mol. The number of carbonyl (C=O) groups excluding carboxylic acids is 1. The first-order valence-electron chi connectivity index (χ1n) is 11.4. The van der Waals surface area contributed by atoms with Gasteiger partial charge in [0.2, 0.25) is 0 Å². The molecule has 0 saturated heterocycles. The quantitative estimate of drug-likeness (QED) is 0.326. The van der Waals surface area contributed by atoms with Crippen molar-refractivity contribution in [3.8, 4) is 0 Å². The van der Waals surface area contributed by atoms with Crippen molar-refractivity contribution in [2.45, 2.75) is 95.9 Å². The standard InChI is InChI=1S/C25H42O2SSi/c1-19(2)16-20-17-21(27-29(6,7)25(3,4)5)12-11-15-24(26)23(20)18-28-22-13-9-8-10-14-22/h8-10,13-14,19-21,23H,11-12,15-18H2,1-7H3/t20-,21?,23+/m0/s1. The molecular weight excluding hydrogens is 392 g/mol. The van der Waals surface area contributed by atoms with E-state index in [0.717, 1.165) is 31.4 Å². The Morgan fingerprint density at radius 3 is 2.41 bits per heavy atom. The second-order valence-electron chi connectivity index (χ2n) is 10.7. The van der Waals surface area contributed by atoms with Gasteiger partial charge in [0.15, 0.2) is 8.32 Å². The smallest absolute Gasteiger partial charge is 0.192 e. The lowest BCUT2D eigenvalue weighted by Gasteiger charge is -2.41. The second kappa shape index (κ2) is 10.6. The van der Waals surface area contributed by atoms with Crippen molar-refractivity contribution in [2.75, 3.05) is 5.75 Å². The molecule has 0 aliphatic heterocycles. The average Bonchev–Trinajstić information content (AvgIpc) is 2.59. The largest absolute Gasteiger partial charge is 0.414 e. The summed E-state index contributed by atoms with van der Waals surface area (Å²) < 4.78 is 6.86. The Labute approximate surface area is 184 Å². The van der Waals surface area contributed by atoms with Crippen molar-refractivity contribution in [1.82, 2.24) is 0 Å². The third-order valence-electron chi connectivity index (χ3n) is 6.71. The minimum absolute atomic E-state index is 0.147. The molecule has 0 spiro atoms. The molecule has 1 aromatic rings. The molecule has 1 aromatic carbocycles. The minimum Gasteiger partial charge on any atom is -0.414 e. The van der Waals surface area contributed by atoms with Crippen LogP contribution in [0.2, 0.25) is 18.1 Å². The molecule has 1 fully saturated rings.